The third-order valence-electron chi connectivity index (χ3n) is 2.54. The van der Waals surface area contributed by atoms with Crippen LogP contribution < -0.4 is 10.6 Å². The fourth-order valence-electron chi connectivity index (χ4n) is 1.75. The zero-order chi connectivity index (χ0) is 12.1. The topological polar surface area (TPSA) is 41.1 Å². The summed E-state index contributed by atoms with van der Waals surface area (Å²) in [5, 5.41) is 5.99. The molecule has 1 aromatic rings. The maximum atomic E-state index is 12.9. The number of anilines is 1. The average Bonchev–Trinajstić information content (AvgIpc) is 2.30. The molecule has 0 saturated carbocycles. The van der Waals surface area contributed by atoms with Crippen molar-refractivity contribution in [2.24, 2.45) is 0 Å². The average molecular weight is 254 g/mol. The van der Waals surface area contributed by atoms with Gasteiger partial charge >= 0.3 is 0 Å². The molecule has 0 spiro atoms. The second-order valence-electron chi connectivity index (χ2n) is 3.99. The standard InChI is InChI=1S/C12H15FN2OS/c13-9-2-1-3-10(6-9)15-12(16)7-11-8-17-5-4-14-11/h1-3,6,11,14H,4-5,7-8H2,(H,15,16). The molecule has 1 saturated heterocycles. The minimum Gasteiger partial charge on any atom is -0.326 e. The van der Waals surface area contributed by atoms with Crippen molar-refractivity contribution in [3.8, 4) is 0 Å². The number of carbonyl (C=O) groups excluding carboxylic acids is 1. The molecule has 0 aliphatic carbocycles. The molecule has 1 heterocycles. The summed E-state index contributed by atoms with van der Waals surface area (Å²) in [7, 11) is 0. The van der Waals surface area contributed by atoms with E-state index in [0.29, 0.717) is 12.1 Å². The summed E-state index contributed by atoms with van der Waals surface area (Å²) in [6.07, 6.45) is 0.434. The molecule has 0 aromatic heterocycles. The van der Waals surface area contributed by atoms with Crippen LogP contribution in [0.4, 0.5) is 10.1 Å². The van der Waals surface area contributed by atoms with Crippen LogP contribution in [0.25, 0.3) is 0 Å². The van der Waals surface area contributed by atoms with Crippen molar-refractivity contribution in [1.82, 2.24) is 5.32 Å². The van der Waals surface area contributed by atoms with Gasteiger partial charge in [-0.1, -0.05) is 6.07 Å². The minimum absolute atomic E-state index is 0.0735. The first-order valence-electron chi connectivity index (χ1n) is 5.60. The molecule has 0 radical (unpaired) electrons. The lowest BCUT2D eigenvalue weighted by Gasteiger charge is -2.22. The lowest BCUT2D eigenvalue weighted by atomic mass is 10.2. The number of hydrogen-bond acceptors (Lipinski definition) is 3. The third-order valence-corrected chi connectivity index (χ3v) is 3.67. The van der Waals surface area contributed by atoms with Crippen LogP contribution in [0, 0.1) is 5.82 Å². The Morgan fingerprint density at radius 3 is 3.18 bits per heavy atom. The Morgan fingerprint density at radius 1 is 1.59 bits per heavy atom. The molecule has 1 aliphatic heterocycles. The second-order valence-corrected chi connectivity index (χ2v) is 5.14. The number of hydrogen-bond donors (Lipinski definition) is 2. The second kappa shape index (κ2) is 6.02. The number of amides is 1. The van der Waals surface area contributed by atoms with Crippen molar-refractivity contribution in [3.05, 3.63) is 30.1 Å². The molecule has 1 atom stereocenters. The van der Waals surface area contributed by atoms with Crippen LogP contribution >= 0.6 is 11.8 Å². The van der Waals surface area contributed by atoms with Gasteiger partial charge < -0.3 is 10.6 Å². The maximum Gasteiger partial charge on any atom is 0.225 e. The van der Waals surface area contributed by atoms with Gasteiger partial charge in [-0.3, -0.25) is 4.79 Å². The third kappa shape index (κ3) is 4.02. The number of rotatable bonds is 3. The van der Waals surface area contributed by atoms with E-state index in [4.69, 9.17) is 0 Å². The highest BCUT2D eigenvalue weighted by atomic mass is 32.2. The first kappa shape index (κ1) is 12.4. The molecular weight excluding hydrogens is 239 g/mol. The Bertz CT molecular complexity index is 394. The van der Waals surface area contributed by atoms with E-state index in [1.54, 1.807) is 12.1 Å². The molecule has 2 rings (SSSR count). The van der Waals surface area contributed by atoms with E-state index >= 15 is 0 Å². The van der Waals surface area contributed by atoms with Crippen molar-refractivity contribution in [3.63, 3.8) is 0 Å². The highest BCUT2D eigenvalue weighted by Crippen LogP contribution is 2.13. The highest BCUT2D eigenvalue weighted by Gasteiger charge is 2.16. The number of benzene rings is 1. The van der Waals surface area contributed by atoms with E-state index in [1.807, 2.05) is 11.8 Å². The molecule has 1 unspecified atom stereocenters. The van der Waals surface area contributed by atoms with Crippen LogP contribution in [-0.2, 0) is 4.79 Å². The van der Waals surface area contributed by atoms with Crippen LogP contribution in [-0.4, -0.2) is 30.0 Å². The summed E-state index contributed by atoms with van der Waals surface area (Å²) in [4.78, 5) is 11.7. The number of halogens is 1. The summed E-state index contributed by atoms with van der Waals surface area (Å²) < 4.78 is 12.9. The molecule has 3 nitrogen and oxygen atoms in total. The van der Waals surface area contributed by atoms with Gasteiger partial charge in [-0.05, 0) is 18.2 Å². The molecule has 1 aromatic carbocycles. The zero-order valence-electron chi connectivity index (χ0n) is 9.41. The van der Waals surface area contributed by atoms with Gasteiger partial charge in [-0.25, -0.2) is 4.39 Å². The molecule has 5 heteroatoms. The van der Waals surface area contributed by atoms with Gasteiger partial charge in [0.25, 0.3) is 0 Å². The van der Waals surface area contributed by atoms with E-state index in [1.165, 1.54) is 12.1 Å². The summed E-state index contributed by atoms with van der Waals surface area (Å²) in [5.41, 5.74) is 0.512. The predicted molar refractivity (Wildman–Crippen MR) is 68.8 cm³/mol. The van der Waals surface area contributed by atoms with Crippen LogP contribution in [0.2, 0.25) is 0 Å². The van der Waals surface area contributed by atoms with Crippen molar-refractivity contribution in [2.45, 2.75) is 12.5 Å². The summed E-state index contributed by atoms with van der Waals surface area (Å²) in [5.74, 6) is 1.64. The molecule has 2 N–H and O–H groups in total. The molecule has 1 amide bonds. The summed E-state index contributed by atoms with van der Waals surface area (Å²) in [6, 6.07) is 6.17. The van der Waals surface area contributed by atoms with E-state index in [2.05, 4.69) is 10.6 Å². The first-order valence-corrected chi connectivity index (χ1v) is 6.76. The van der Waals surface area contributed by atoms with E-state index < -0.39 is 0 Å². The van der Waals surface area contributed by atoms with Crippen LogP contribution in [0.3, 0.4) is 0 Å². The lowest BCUT2D eigenvalue weighted by Crippen LogP contribution is -2.39. The van der Waals surface area contributed by atoms with Gasteiger partial charge in [0.05, 0.1) is 0 Å². The first-order chi connectivity index (χ1) is 8.24. The smallest absolute Gasteiger partial charge is 0.225 e. The Morgan fingerprint density at radius 2 is 2.47 bits per heavy atom. The van der Waals surface area contributed by atoms with Gasteiger partial charge in [-0.15, -0.1) is 0 Å². The predicted octanol–water partition coefficient (Wildman–Crippen LogP) is 1.86. The fraction of sp³-hybridized carbons (Fsp3) is 0.417. The van der Waals surface area contributed by atoms with Gasteiger partial charge in [-0.2, -0.15) is 11.8 Å². The molecule has 17 heavy (non-hydrogen) atoms. The normalized spacial score (nSPS) is 19.9. The van der Waals surface area contributed by atoms with E-state index in [9.17, 15) is 9.18 Å². The van der Waals surface area contributed by atoms with Gasteiger partial charge in [0, 0.05) is 36.2 Å². The highest BCUT2D eigenvalue weighted by molar-refractivity contribution is 7.99. The Kier molecular flexibility index (Phi) is 4.39. The van der Waals surface area contributed by atoms with Gasteiger partial charge in [0.15, 0.2) is 0 Å². The lowest BCUT2D eigenvalue weighted by molar-refractivity contribution is -0.116. The number of carbonyl (C=O) groups is 1. The van der Waals surface area contributed by atoms with Crippen LogP contribution in [0.1, 0.15) is 6.42 Å². The Balaban J connectivity index is 1.84. The zero-order valence-corrected chi connectivity index (χ0v) is 10.2. The quantitative estimate of drug-likeness (QED) is 0.865. The summed E-state index contributed by atoms with van der Waals surface area (Å²) >= 11 is 1.85. The van der Waals surface area contributed by atoms with Crippen LogP contribution in [0.15, 0.2) is 24.3 Å². The largest absolute Gasteiger partial charge is 0.326 e. The molecule has 92 valence electrons. The van der Waals surface area contributed by atoms with Gasteiger partial charge in [0.1, 0.15) is 5.82 Å². The fourth-order valence-corrected chi connectivity index (χ4v) is 2.70. The van der Waals surface area contributed by atoms with Crippen molar-refractivity contribution in [2.75, 3.05) is 23.4 Å². The van der Waals surface area contributed by atoms with E-state index in [-0.39, 0.29) is 17.8 Å². The molecule has 1 fully saturated rings. The molecule has 1 aliphatic rings. The number of thioether (sulfide) groups is 1. The monoisotopic (exact) mass is 254 g/mol. The molecular formula is C12H15FN2OS. The number of nitrogens with one attached hydrogen (secondary N) is 2. The Hall–Kier alpha value is -1.07. The maximum absolute atomic E-state index is 12.9. The SMILES string of the molecule is O=C(CC1CSCCN1)Nc1cccc(F)c1. The minimum atomic E-state index is -0.339. The molecule has 0 bridgehead atoms. The van der Waals surface area contributed by atoms with Crippen molar-refractivity contribution in [1.29, 1.82) is 0 Å². The summed E-state index contributed by atoms with van der Waals surface area (Å²) in [6.45, 7) is 0.947. The van der Waals surface area contributed by atoms with Gasteiger partial charge in [0.2, 0.25) is 5.91 Å². The van der Waals surface area contributed by atoms with Crippen molar-refractivity contribution >= 4 is 23.4 Å². The van der Waals surface area contributed by atoms with E-state index in [0.717, 1.165) is 18.1 Å². The van der Waals surface area contributed by atoms with Crippen LogP contribution in [0.5, 0.6) is 0 Å². The Labute approximate surface area is 104 Å². The van der Waals surface area contributed by atoms with Crippen molar-refractivity contribution < 1.29 is 9.18 Å².